The van der Waals surface area contributed by atoms with Crippen molar-refractivity contribution in [3.63, 3.8) is 0 Å². The number of imidazole rings is 2. The molecule has 0 amide bonds. The molecule has 0 atom stereocenters. The second-order valence-corrected chi connectivity index (χ2v) is 10.1. The van der Waals surface area contributed by atoms with Gasteiger partial charge in [0.2, 0.25) is 0 Å². The van der Waals surface area contributed by atoms with Crippen molar-refractivity contribution in [2.45, 2.75) is 0 Å². The molecule has 0 saturated carbocycles. The van der Waals surface area contributed by atoms with Crippen molar-refractivity contribution in [3.8, 4) is 22.6 Å². The molecule has 0 aliphatic rings. The molecule has 5 heterocycles. The summed E-state index contributed by atoms with van der Waals surface area (Å²) in [7, 11) is 0. The summed E-state index contributed by atoms with van der Waals surface area (Å²) in [6.45, 7) is 0. The van der Waals surface area contributed by atoms with Crippen molar-refractivity contribution in [2.75, 3.05) is 0 Å². The average molecular weight is 529 g/mol. The summed E-state index contributed by atoms with van der Waals surface area (Å²) in [6, 6.07) is 29.3. The molecule has 41 heavy (non-hydrogen) atoms. The second-order valence-electron chi connectivity index (χ2n) is 10.1. The van der Waals surface area contributed by atoms with Crippen LogP contribution in [0.3, 0.4) is 0 Å². The van der Waals surface area contributed by atoms with E-state index in [1.54, 1.807) is 12.5 Å². The minimum absolute atomic E-state index is 0.725. The molecular formula is C34H20N6O. The van der Waals surface area contributed by atoms with Crippen LogP contribution in [-0.2, 0) is 0 Å². The van der Waals surface area contributed by atoms with Gasteiger partial charge in [-0.3, -0.25) is 8.80 Å². The normalized spacial score (nSPS) is 11.9. The lowest BCUT2D eigenvalue weighted by molar-refractivity contribution is 0.484. The first kappa shape index (κ1) is 22.0. The van der Waals surface area contributed by atoms with Gasteiger partial charge in [-0.2, -0.15) is 0 Å². The Bertz CT molecular complexity index is 2460. The van der Waals surface area contributed by atoms with Gasteiger partial charge in [0.1, 0.15) is 34.8 Å². The van der Waals surface area contributed by atoms with Crippen LogP contribution >= 0.6 is 0 Å². The van der Waals surface area contributed by atoms with Crippen LogP contribution in [0.1, 0.15) is 0 Å². The number of aromatic nitrogens is 6. The van der Waals surface area contributed by atoms with Crippen molar-refractivity contribution in [1.29, 1.82) is 0 Å². The van der Waals surface area contributed by atoms with Gasteiger partial charge in [-0.15, -0.1) is 0 Å². The number of pyridine rings is 2. The molecule has 9 rings (SSSR count). The lowest BCUT2D eigenvalue weighted by Gasteiger charge is -2.14. The molecule has 0 saturated heterocycles. The van der Waals surface area contributed by atoms with Crippen molar-refractivity contribution < 1.29 is 4.74 Å². The van der Waals surface area contributed by atoms with Gasteiger partial charge in [0.25, 0.3) is 0 Å². The van der Waals surface area contributed by atoms with Crippen LogP contribution in [0.4, 0.5) is 0 Å². The van der Waals surface area contributed by atoms with Crippen LogP contribution in [0.2, 0.25) is 0 Å². The second kappa shape index (κ2) is 8.34. The Morgan fingerprint density at radius 2 is 1.27 bits per heavy atom. The van der Waals surface area contributed by atoms with E-state index in [0.29, 0.717) is 0 Å². The topological polar surface area (TPSA) is 69.6 Å². The number of benzene rings is 4. The third-order valence-corrected chi connectivity index (χ3v) is 7.85. The zero-order valence-electron chi connectivity index (χ0n) is 21.6. The number of fused-ring (bicyclic) bond motifs is 12. The maximum absolute atomic E-state index is 6.48. The first-order valence-electron chi connectivity index (χ1n) is 13.4. The minimum atomic E-state index is 0.725. The van der Waals surface area contributed by atoms with Crippen LogP contribution in [0.5, 0.6) is 11.5 Å². The van der Waals surface area contributed by atoms with Crippen LogP contribution < -0.4 is 4.74 Å². The van der Waals surface area contributed by atoms with Gasteiger partial charge in [-0.25, -0.2) is 19.9 Å². The van der Waals surface area contributed by atoms with E-state index in [1.165, 1.54) is 16.5 Å². The van der Waals surface area contributed by atoms with Crippen LogP contribution in [0.25, 0.3) is 65.9 Å². The van der Waals surface area contributed by atoms with Gasteiger partial charge in [0, 0.05) is 52.5 Å². The molecule has 7 nitrogen and oxygen atoms in total. The summed E-state index contributed by atoms with van der Waals surface area (Å²) in [4.78, 5) is 18.1. The Morgan fingerprint density at radius 1 is 0.561 bits per heavy atom. The molecule has 9 aromatic rings. The van der Waals surface area contributed by atoms with Crippen LogP contribution in [-0.4, -0.2) is 28.7 Å². The summed E-state index contributed by atoms with van der Waals surface area (Å²) in [6.07, 6.45) is 11.0. The van der Waals surface area contributed by atoms with Crippen molar-refractivity contribution >= 4 is 54.8 Å². The van der Waals surface area contributed by atoms with E-state index in [9.17, 15) is 0 Å². The molecule has 0 aliphatic heterocycles. The van der Waals surface area contributed by atoms with Gasteiger partial charge in [0.05, 0.1) is 5.52 Å². The van der Waals surface area contributed by atoms with E-state index < -0.39 is 0 Å². The monoisotopic (exact) mass is 528 g/mol. The highest BCUT2D eigenvalue weighted by Crippen LogP contribution is 2.39. The molecule has 7 heteroatoms. The van der Waals surface area contributed by atoms with Gasteiger partial charge in [0.15, 0.2) is 0 Å². The predicted molar refractivity (Wildman–Crippen MR) is 162 cm³/mol. The van der Waals surface area contributed by atoms with Crippen molar-refractivity contribution in [1.82, 2.24) is 28.7 Å². The summed E-state index contributed by atoms with van der Waals surface area (Å²) < 4.78 is 10.6. The highest BCUT2D eigenvalue weighted by molar-refractivity contribution is 6.17. The Morgan fingerprint density at radius 3 is 2.10 bits per heavy atom. The SMILES string of the molecule is c1ccc(-c2cccc3c2c2ccc(Oc4ccc5c6cncnc6n6ccnc6c5c4)cc2c2nccn32)cc1. The summed E-state index contributed by atoms with van der Waals surface area (Å²) in [5.74, 6) is 1.46. The molecule has 0 bridgehead atoms. The molecule has 5 aromatic heterocycles. The Labute approximate surface area is 233 Å². The van der Waals surface area contributed by atoms with Crippen LogP contribution in [0, 0.1) is 0 Å². The summed E-state index contributed by atoms with van der Waals surface area (Å²) >= 11 is 0. The smallest absolute Gasteiger partial charge is 0.149 e. The molecule has 4 aromatic carbocycles. The largest absolute Gasteiger partial charge is 0.457 e. The molecule has 0 fully saturated rings. The third kappa shape index (κ3) is 3.20. The Balaban J connectivity index is 1.24. The predicted octanol–water partition coefficient (Wildman–Crippen LogP) is 7.84. The lowest BCUT2D eigenvalue weighted by atomic mass is 9.96. The van der Waals surface area contributed by atoms with Gasteiger partial charge >= 0.3 is 0 Å². The Kier molecular flexibility index (Phi) is 4.48. The quantitative estimate of drug-likeness (QED) is 0.219. The fourth-order valence-electron chi connectivity index (χ4n) is 6.09. The fourth-order valence-corrected chi connectivity index (χ4v) is 6.09. The first-order valence-corrected chi connectivity index (χ1v) is 13.4. The molecule has 0 radical (unpaired) electrons. The number of hydrogen-bond acceptors (Lipinski definition) is 5. The third-order valence-electron chi connectivity index (χ3n) is 7.85. The zero-order chi connectivity index (χ0) is 26.9. The summed E-state index contributed by atoms with van der Waals surface area (Å²) in [5, 5.41) is 6.33. The zero-order valence-corrected chi connectivity index (χ0v) is 21.6. The summed E-state index contributed by atoms with van der Waals surface area (Å²) in [5.41, 5.74) is 6.04. The number of rotatable bonds is 3. The van der Waals surface area contributed by atoms with Gasteiger partial charge in [-0.05, 0) is 64.4 Å². The van der Waals surface area contributed by atoms with Crippen LogP contribution in [0.15, 0.2) is 122 Å². The van der Waals surface area contributed by atoms with E-state index >= 15 is 0 Å². The lowest BCUT2D eigenvalue weighted by Crippen LogP contribution is -1.95. The van der Waals surface area contributed by atoms with Gasteiger partial charge < -0.3 is 4.74 Å². The highest BCUT2D eigenvalue weighted by atomic mass is 16.5. The standard InChI is InChI=1S/C34H20N6O/c1-2-5-21(6-3-1)24-7-4-8-30-31(24)26-12-10-23(18-28(26)32-36-13-15-39(30)32)41-22-9-11-25-27(17-22)33-37-14-16-40(33)34-29(25)19-35-20-38-34/h1-20H. The number of hydrogen-bond donors (Lipinski definition) is 0. The molecule has 192 valence electrons. The van der Waals surface area contributed by atoms with Crippen molar-refractivity contribution in [2.24, 2.45) is 0 Å². The number of ether oxygens (including phenoxy) is 1. The van der Waals surface area contributed by atoms with E-state index in [2.05, 4.69) is 80.0 Å². The van der Waals surface area contributed by atoms with E-state index in [-0.39, 0.29) is 0 Å². The van der Waals surface area contributed by atoms with Gasteiger partial charge in [-0.1, -0.05) is 42.5 Å². The molecule has 0 unspecified atom stereocenters. The number of nitrogens with zero attached hydrogens (tertiary/aromatic N) is 6. The van der Waals surface area contributed by atoms with E-state index in [4.69, 9.17) is 9.72 Å². The molecule has 0 N–H and O–H groups in total. The molecule has 0 spiro atoms. The van der Waals surface area contributed by atoms with Crippen molar-refractivity contribution in [3.05, 3.63) is 122 Å². The average Bonchev–Trinajstić information content (AvgIpc) is 3.73. The molecular weight excluding hydrogens is 508 g/mol. The fraction of sp³-hybridized carbons (Fsp3) is 0. The minimum Gasteiger partial charge on any atom is -0.457 e. The molecule has 0 aliphatic carbocycles. The highest BCUT2D eigenvalue weighted by Gasteiger charge is 2.16. The Hall–Kier alpha value is -5.82. The first-order chi connectivity index (χ1) is 20.3. The van der Waals surface area contributed by atoms with E-state index in [1.807, 2.05) is 53.5 Å². The maximum Gasteiger partial charge on any atom is 0.149 e. The van der Waals surface area contributed by atoms with E-state index in [0.717, 1.165) is 60.9 Å². The maximum atomic E-state index is 6.48.